The fourth-order valence-corrected chi connectivity index (χ4v) is 2.25. The molecular weight excluding hydrogens is 294 g/mol. The second-order valence-corrected chi connectivity index (χ2v) is 5.13. The fraction of sp³-hybridized carbons (Fsp3) is 0.167. The maximum atomic E-state index is 11.8. The minimum absolute atomic E-state index is 0.0768. The topological polar surface area (TPSA) is 71.7 Å². The van der Waals surface area contributed by atoms with Crippen molar-refractivity contribution in [1.82, 2.24) is 5.32 Å². The lowest BCUT2D eigenvalue weighted by molar-refractivity contribution is -0.123. The quantitative estimate of drug-likeness (QED) is 0.734. The van der Waals surface area contributed by atoms with Crippen LogP contribution in [-0.2, 0) is 4.79 Å². The Kier molecular flexibility index (Phi) is 4.59. The van der Waals surface area contributed by atoms with Gasteiger partial charge in [0.1, 0.15) is 17.6 Å². The lowest BCUT2D eigenvalue weighted by Gasteiger charge is -2.11. The van der Waals surface area contributed by atoms with Gasteiger partial charge in [-0.25, -0.2) is 0 Å². The molecule has 0 saturated heterocycles. The smallest absolute Gasteiger partial charge is 0.258 e. The zero-order valence-electron chi connectivity index (χ0n) is 12.4. The first-order valence-electron chi connectivity index (χ1n) is 7.32. The number of nitrogens with one attached hydrogen (secondary N) is 1. The number of hydrogen-bond donors (Lipinski definition) is 2. The van der Waals surface area contributed by atoms with Crippen LogP contribution < -0.4 is 10.1 Å². The lowest BCUT2D eigenvalue weighted by atomic mass is 10.1. The Bertz CT molecular complexity index is 783. The molecule has 0 aliphatic heterocycles. The molecule has 2 N–H and O–H groups in total. The maximum Gasteiger partial charge on any atom is 0.258 e. The van der Waals surface area contributed by atoms with Crippen LogP contribution in [-0.4, -0.2) is 24.2 Å². The Balaban J connectivity index is 1.50. The van der Waals surface area contributed by atoms with Crippen molar-refractivity contribution >= 4 is 16.7 Å². The number of aliphatic hydroxyl groups excluding tert-OH is 1. The standard InChI is InChI=1S/C18H17NO4/c20-16(17-6-3-9-22-17)11-19-18(21)12-23-15-8-7-13-4-1-2-5-14(13)10-15/h1-10,16,20H,11-12H2,(H,19,21). The zero-order valence-corrected chi connectivity index (χ0v) is 12.4. The molecule has 0 bridgehead atoms. The molecule has 1 aromatic heterocycles. The Morgan fingerprint density at radius 2 is 1.96 bits per heavy atom. The number of fused-ring (bicyclic) bond motifs is 1. The van der Waals surface area contributed by atoms with E-state index in [-0.39, 0.29) is 19.1 Å². The van der Waals surface area contributed by atoms with Gasteiger partial charge in [0.25, 0.3) is 5.91 Å². The first-order valence-corrected chi connectivity index (χ1v) is 7.32. The van der Waals surface area contributed by atoms with E-state index < -0.39 is 6.10 Å². The van der Waals surface area contributed by atoms with Crippen molar-refractivity contribution in [2.45, 2.75) is 6.10 Å². The molecule has 5 nitrogen and oxygen atoms in total. The number of aliphatic hydroxyl groups is 1. The molecule has 0 saturated carbocycles. The largest absolute Gasteiger partial charge is 0.484 e. The molecule has 1 atom stereocenters. The summed E-state index contributed by atoms with van der Waals surface area (Å²) in [5.74, 6) is 0.745. The van der Waals surface area contributed by atoms with Gasteiger partial charge in [-0.1, -0.05) is 30.3 Å². The number of rotatable bonds is 6. The second-order valence-electron chi connectivity index (χ2n) is 5.13. The first-order chi connectivity index (χ1) is 11.2. The highest BCUT2D eigenvalue weighted by Gasteiger charge is 2.12. The van der Waals surface area contributed by atoms with Crippen LogP contribution in [0, 0.1) is 0 Å². The van der Waals surface area contributed by atoms with Gasteiger partial charge in [-0.3, -0.25) is 4.79 Å². The number of amides is 1. The van der Waals surface area contributed by atoms with Crippen LogP contribution in [0.2, 0.25) is 0 Å². The van der Waals surface area contributed by atoms with Crippen molar-refractivity contribution < 1.29 is 19.1 Å². The van der Waals surface area contributed by atoms with E-state index in [1.54, 1.807) is 12.1 Å². The van der Waals surface area contributed by atoms with Gasteiger partial charge in [0.15, 0.2) is 6.61 Å². The molecule has 0 radical (unpaired) electrons. The molecule has 0 aliphatic rings. The Morgan fingerprint density at radius 3 is 2.74 bits per heavy atom. The van der Waals surface area contributed by atoms with Crippen LogP contribution in [0.15, 0.2) is 65.3 Å². The van der Waals surface area contributed by atoms with E-state index in [0.717, 1.165) is 10.8 Å². The summed E-state index contributed by atoms with van der Waals surface area (Å²) in [5, 5.41) is 14.6. The highest BCUT2D eigenvalue weighted by Crippen LogP contribution is 2.20. The van der Waals surface area contributed by atoms with Crippen LogP contribution in [0.3, 0.4) is 0 Å². The van der Waals surface area contributed by atoms with Crippen molar-refractivity contribution in [1.29, 1.82) is 0 Å². The van der Waals surface area contributed by atoms with Crippen molar-refractivity contribution in [3.8, 4) is 5.75 Å². The second kappa shape index (κ2) is 6.98. The molecule has 2 aromatic carbocycles. The molecule has 3 aromatic rings. The Labute approximate surface area is 133 Å². The van der Waals surface area contributed by atoms with Crippen LogP contribution in [0.5, 0.6) is 5.75 Å². The molecule has 23 heavy (non-hydrogen) atoms. The Hall–Kier alpha value is -2.79. The van der Waals surface area contributed by atoms with E-state index in [2.05, 4.69) is 5.32 Å². The van der Waals surface area contributed by atoms with Gasteiger partial charge in [-0.2, -0.15) is 0 Å². The Morgan fingerprint density at radius 1 is 1.13 bits per heavy atom. The summed E-state index contributed by atoms with van der Waals surface area (Å²) in [5.41, 5.74) is 0. The summed E-state index contributed by atoms with van der Waals surface area (Å²) in [6.07, 6.45) is 0.609. The molecule has 0 fully saturated rings. The third-order valence-corrected chi connectivity index (χ3v) is 3.46. The van der Waals surface area contributed by atoms with Crippen molar-refractivity contribution in [2.75, 3.05) is 13.2 Å². The van der Waals surface area contributed by atoms with Gasteiger partial charge >= 0.3 is 0 Å². The number of benzene rings is 2. The summed E-state index contributed by atoms with van der Waals surface area (Å²) in [6, 6.07) is 16.9. The zero-order chi connectivity index (χ0) is 16.1. The number of carbonyl (C=O) groups excluding carboxylic acids is 1. The normalized spacial score (nSPS) is 12.0. The third kappa shape index (κ3) is 3.90. The number of ether oxygens (including phenoxy) is 1. The van der Waals surface area contributed by atoms with Gasteiger partial charge in [0.2, 0.25) is 0 Å². The monoisotopic (exact) mass is 311 g/mol. The molecule has 3 rings (SSSR count). The minimum atomic E-state index is -0.866. The van der Waals surface area contributed by atoms with Gasteiger partial charge in [0, 0.05) is 0 Å². The summed E-state index contributed by atoms with van der Waals surface area (Å²) in [7, 11) is 0. The van der Waals surface area contributed by atoms with Crippen molar-refractivity contribution in [3.05, 3.63) is 66.6 Å². The molecule has 0 aliphatic carbocycles. The van der Waals surface area contributed by atoms with Gasteiger partial charge < -0.3 is 19.6 Å². The first kappa shape index (κ1) is 15.1. The average Bonchev–Trinajstić information content (AvgIpc) is 3.12. The van der Waals surface area contributed by atoms with Crippen molar-refractivity contribution in [3.63, 3.8) is 0 Å². The summed E-state index contributed by atoms with van der Waals surface area (Å²) >= 11 is 0. The van der Waals surface area contributed by atoms with E-state index in [4.69, 9.17) is 9.15 Å². The minimum Gasteiger partial charge on any atom is -0.484 e. The van der Waals surface area contributed by atoms with Crippen LogP contribution in [0.4, 0.5) is 0 Å². The van der Waals surface area contributed by atoms with E-state index >= 15 is 0 Å². The molecule has 1 unspecified atom stereocenters. The van der Waals surface area contributed by atoms with Crippen molar-refractivity contribution in [2.24, 2.45) is 0 Å². The van der Waals surface area contributed by atoms with E-state index in [0.29, 0.717) is 11.5 Å². The summed E-state index contributed by atoms with van der Waals surface area (Å²) in [4.78, 5) is 11.8. The average molecular weight is 311 g/mol. The molecule has 118 valence electrons. The predicted octanol–water partition coefficient (Wildman–Crippen LogP) is 2.66. The predicted molar refractivity (Wildman–Crippen MR) is 86.1 cm³/mol. The number of furan rings is 1. The molecular formula is C18H17NO4. The molecule has 1 heterocycles. The number of hydrogen-bond acceptors (Lipinski definition) is 4. The lowest BCUT2D eigenvalue weighted by Crippen LogP contribution is -2.32. The maximum absolute atomic E-state index is 11.8. The molecule has 0 spiro atoms. The fourth-order valence-electron chi connectivity index (χ4n) is 2.25. The van der Waals surface area contributed by atoms with Gasteiger partial charge in [-0.15, -0.1) is 0 Å². The van der Waals surface area contributed by atoms with Crippen LogP contribution in [0.25, 0.3) is 10.8 Å². The van der Waals surface area contributed by atoms with E-state index in [1.807, 2.05) is 42.5 Å². The highest BCUT2D eigenvalue weighted by atomic mass is 16.5. The van der Waals surface area contributed by atoms with Gasteiger partial charge in [0.05, 0.1) is 12.8 Å². The van der Waals surface area contributed by atoms with Crippen LogP contribution >= 0.6 is 0 Å². The summed E-state index contributed by atoms with van der Waals surface area (Å²) in [6.45, 7) is -0.0311. The number of carbonyl (C=O) groups is 1. The highest BCUT2D eigenvalue weighted by molar-refractivity contribution is 5.84. The van der Waals surface area contributed by atoms with Crippen LogP contribution in [0.1, 0.15) is 11.9 Å². The van der Waals surface area contributed by atoms with E-state index in [1.165, 1.54) is 6.26 Å². The third-order valence-electron chi connectivity index (χ3n) is 3.46. The molecule has 5 heteroatoms. The van der Waals surface area contributed by atoms with E-state index in [9.17, 15) is 9.90 Å². The SMILES string of the molecule is O=C(COc1ccc2ccccc2c1)NCC(O)c1ccco1. The molecule has 1 amide bonds. The van der Waals surface area contributed by atoms with Gasteiger partial charge in [-0.05, 0) is 35.0 Å². The summed E-state index contributed by atoms with van der Waals surface area (Å²) < 4.78 is 10.5.